The molecule has 100 valence electrons. The zero-order chi connectivity index (χ0) is 12.8. The highest BCUT2D eigenvalue weighted by atomic mass is 16.3. The monoisotopic (exact) mass is 241 g/mol. The zero-order valence-corrected chi connectivity index (χ0v) is 11.4. The molecule has 1 rings (SSSR count). The normalized spacial score (nSPS) is 26.9. The third-order valence-corrected chi connectivity index (χ3v) is 3.99. The number of aliphatic hydroxyl groups excluding tert-OH is 1. The molecule has 3 unspecified atom stereocenters. The predicted octanol–water partition coefficient (Wildman–Crippen LogP) is 2.48. The number of nitrogens with one attached hydrogen (secondary N) is 1. The molecule has 2 N–H and O–H groups in total. The van der Waals surface area contributed by atoms with Gasteiger partial charge in [0.05, 0.1) is 12.1 Å². The summed E-state index contributed by atoms with van der Waals surface area (Å²) in [7, 11) is 0. The molecule has 0 bridgehead atoms. The summed E-state index contributed by atoms with van der Waals surface area (Å²) in [5.74, 6) is 1.11. The summed E-state index contributed by atoms with van der Waals surface area (Å²) in [6.45, 7) is 6.46. The Morgan fingerprint density at radius 2 is 2.00 bits per heavy atom. The molecule has 1 aliphatic rings. The lowest BCUT2D eigenvalue weighted by Crippen LogP contribution is -2.45. The first-order chi connectivity index (χ1) is 8.04. The topological polar surface area (TPSA) is 49.3 Å². The van der Waals surface area contributed by atoms with Crippen LogP contribution in [0.4, 0.5) is 0 Å². The van der Waals surface area contributed by atoms with Crippen LogP contribution in [-0.2, 0) is 4.79 Å². The molecule has 3 heteroatoms. The Morgan fingerprint density at radius 3 is 2.53 bits per heavy atom. The molecular formula is C14H27NO2. The third-order valence-electron chi connectivity index (χ3n) is 3.99. The van der Waals surface area contributed by atoms with Crippen LogP contribution >= 0.6 is 0 Å². The van der Waals surface area contributed by atoms with Gasteiger partial charge in [0, 0.05) is 6.42 Å². The van der Waals surface area contributed by atoms with Gasteiger partial charge >= 0.3 is 0 Å². The molecule has 3 atom stereocenters. The largest absolute Gasteiger partial charge is 0.391 e. The lowest BCUT2D eigenvalue weighted by Gasteiger charge is -2.29. The molecule has 1 saturated carbocycles. The second-order valence-corrected chi connectivity index (χ2v) is 5.64. The minimum Gasteiger partial charge on any atom is -0.391 e. The molecule has 0 heterocycles. The van der Waals surface area contributed by atoms with E-state index in [0.29, 0.717) is 18.3 Å². The lowest BCUT2D eigenvalue weighted by molar-refractivity contribution is -0.124. The Kier molecular flexibility index (Phi) is 5.96. The van der Waals surface area contributed by atoms with Gasteiger partial charge < -0.3 is 10.4 Å². The van der Waals surface area contributed by atoms with Gasteiger partial charge in [0.1, 0.15) is 0 Å². The van der Waals surface area contributed by atoms with Crippen molar-refractivity contribution in [1.82, 2.24) is 5.32 Å². The Morgan fingerprint density at radius 1 is 1.35 bits per heavy atom. The molecule has 0 saturated heterocycles. The minimum absolute atomic E-state index is 0.0130. The van der Waals surface area contributed by atoms with Crippen molar-refractivity contribution in [3.05, 3.63) is 0 Å². The van der Waals surface area contributed by atoms with Gasteiger partial charge in [0.25, 0.3) is 0 Å². The first kappa shape index (κ1) is 14.5. The van der Waals surface area contributed by atoms with Gasteiger partial charge in [-0.2, -0.15) is 0 Å². The average Bonchev–Trinajstić information content (AvgIpc) is 2.28. The van der Waals surface area contributed by atoms with E-state index in [1.165, 1.54) is 0 Å². The highest BCUT2D eigenvalue weighted by Crippen LogP contribution is 2.21. The van der Waals surface area contributed by atoms with Gasteiger partial charge in [-0.15, -0.1) is 0 Å². The van der Waals surface area contributed by atoms with Gasteiger partial charge in [-0.05, 0) is 24.7 Å². The zero-order valence-electron chi connectivity index (χ0n) is 11.4. The molecule has 17 heavy (non-hydrogen) atoms. The Balaban J connectivity index is 2.37. The SMILES string of the molecule is CCC(CC(=O)NC1CCCCC1O)C(C)C. The summed E-state index contributed by atoms with van der Waals surface area (Å²) >= 11 is 0. The van der Waals surface area contributed by atoms with Crippen molar-refractivity contribution in [2.75, 3.05) is 0 Å². The van der Waals surface area contributed by atoms with Crippen LogP contribution in [0.3, 0.4) is 0 Å². The number of hydrogen-bond donors (Lipinski definition) is 2. The second kappa shape index (κ2) is 7.00. The highest BCUT2D eigenvalue weighted by molar-refractivity contribution is 5.76. The molecule has 1 fully saturated rings. The van der Waals surface area contributed by atoms with Gasteiger partial charge in [0.2, 0.25) is 5.91 Å². The summed E-state index contributed by atoms with van der Waals surface area (Å²) < 4.78 is 0. The highest BCUT2D eigenvalue weighted by Gasteiger charge is 2.25. The van der Waals surface area contributed by atoms with E-state index in [0.717, 1.165) is 32.1 Å². The molecule has 0 aromatic rings. The maximum atomic E-state index is 11.9. The minimum atomic E-state index is -0.341. The van der Waals surface area contributed by atoms with Crippen LogP contribution < -0.4 is 5.32 Å². The Hall–Kier alpha value is -0.570. The number of carbonyl (C=O) groups is 1. The summed E-state index contributed by atoms with van der Waals surface area (Å²) in [5.41, 5.74) is 0. The van der Waals surface area contributed by atoms with Crippen LogP contribution in [0, 0.1) is 11.8 Å². The van der Waals surface area contributed by atoms with Crippen LogP contribution in [0.1, 0.15) is 59.3 Å². The van der Waals surface area contributed by atoms with E-state index >= 15 is 0 Å². The summed E-state index contributed by atoms with van der Waals surface area (Å²) in [5, 5.41) is 12.8. The van der Waals surface area contributed by atoms with E-state index in [9.17, 15) is 9.90 Å². The van der Waals surface area contributed by atoms with E-state index in [-0.39, 0.29) is 18.1 Å². The fourth-order valence-electron chi connectivity index (χ4n) is 2.63. The molecule has 3 nitrogen and oxygen atoms in total. The van der Waals surface area contributed by atoms with E-state index in [2.05, 4.69) is 26.1 Å². The van der Waals surface area contributed by atoms with Crippen LogP contribution in [0.2, 0.25) is 0 Å². The maximum Gasteiger partial charge on any atom is 0.220 e. The molecule has 0 aromatic carbocycles. The van der Waals surface area contributed by atoms with Crippen molar-refractivity contribution >= 4 is 5.91 Å². The van der Waals surface area contributed by atoms with Crippen LogP contribution in [0.15, 0.2) is 0 Å². The molecule has 1 amide bonds. The summed E-state index contributed by atoms with van der Waals surface area (Å²) in [6.07, 6.45) is 5.24. The van der Waals surface area contributed by atoms with Crippen LogP contribution in [0.25, 0.3) is 0 Å². The summed E-state index contributed by atoms with van der Waals surface area (Å²) in [6, 6.07) is -0.0130. The molecule has 1 aliphatic carbocycles. The fraction of sp³-hybridized carbons (Fsp3) is 0.929. The van der Waals surface area contributed by atoms with Crippen molar-refractivity contribution in [3.63, 3.8) is 0 Å². The number of carbonyl (C=O) groups excluding carboxylic acids is 1. The molecule has 0 aliphatic heterocycles. The third kappa shape index (κ3) is 4.66. The van der Waals surface area contributed by atoms with E-state index in [4.69, 9.17) is 0 Å². The fourth-order valence-corrected chi connectivity index (χ4v) is 2.63. The quantitative estimate of drug-likeness (QED) is 0.777. The van der Waals surface area contributed by atoms with Crippen LogP contribution in [-0.4, -0.2) is 23.2 Å². The van der Waals surface area contributed by atoms with Crippen molar-refractivity contribution in [1.29, 1.82) is 0 Å². The second-order valence-electron chi connectivity index (χ2n) is 5.64. The van der Waals surface area contributed by atoms with E-state index < -0.39 is 0 Å². The van der Waals surface area contributed by atoms with Gasteiger partial charge in [0.15, 0.2) is 0 Å². The standard InChI is InChI=1S/C14H27NO2/c1-4-11(10(2)3)9-14(17)15-12-7-5-6-8-13(12)16/h10-13,16H,4-9H2,1-3H3,(H,15,17). The number of aliphatic hydroxyl groups is 1. The van der Waals surface area contributed by atoms with Gasteiger partial charge in [-0.25, -0.2) is 0 Å². The molecule has 0 radical (unpaired) electrons. The number of hydrogen-bond acceptors (Lipinski definition) is 2. The van der Waals surface area contributed by atoms with Crippen molar-refractivity contribution in [2.45, 2.75) is 71.4 Å². The molecule has 0 aromatic heterocycles. The lowest BCUT2D eigenvalue weighted by atomic mass is 9.89. The average molecular weight is 241 g/mol. The van der Waals surface area contributed by atoms with Gasteiger partial charge in [-0.3, -0.25) is 4.79 Å². The number of rotatable bonds is 5. The van der Waals surface area contributed by atoms with Gasteiger partial charge in [-0.1, -0.05) is 40.0 Å². The first-order valence-electron chi connectivity index (χ1n) is 7.02. The Labute approximate surface area is 105 Å². The predicted molar refractivity (Wildman–Crippen MR) is 69.6 cm³/mol. The smallest absolute Gasteiger partial charge is 0.220 e. The van der Waals surface area contributed by atoms with Crippen LogP contribution in [0.5, 0.6) is 0 Å². The van der Waals surface area contributed by atoms with Crippen molar-refractivity contribution < 1.29 is 9.90 Å². The number of amides is 1. The molecular weight excluding hydrogens is 214 g/mol. The van der Waals surface area contributed by atoms with E-state index in [1.54, 1.807) is 0 Å². The summed E-state index contributed by atoms with van der Waals surface area (Å²) in [4.78, 5) is 11.9. The first-order valence-corrected chi connectivity index (χ1v) is 7.02. The van der Waals surface area contributed by atoms with Crippen molar-refractivity contribution in [3.8, 4) is 0 Å². The maximum absolute atomic E-state index is 11.9. The van der Waals surface area contributed by atoms with Crippen molar-refractivity contribution in [2.24, 2.45) is 11.8 Å². The molecule has 0 spiro atoms. The Bertz CT molecular complexity index is 240. The van der Waals surface area contributed by atoms with E-state index in [1.807, 2.05) is 0 Å².